The number of urea groups is 1. The van der Waals surface area contributed by atoms with Gasteiger partial charge in [0.15, 0.2) is 6.23 Å². The zero-order valence-corrected chi connectivity index (χ0v) is 19.4. The van der Waals surface area contributed by atoms with Crippen molar-refractivity contribution in [3.8, 4) is 12.3 Å². The number of H-pyrrole nitrogens is 1. The molecule has 1 aromatic heterocycles. The first kappa shape index (κ1) is 21.8. The number of terminal acetylenes is 1. The molecule has 174 valence electrons. The molecule has 0 bridgehead atoms. The highest BCUT2D eigenvalue weighted by Crippen LogP contribution is 2.26. The third-order valence-electron chi connectivity index (χ3n) is 6.59. The second-order valence-electron chi connectivity index (χ2n) is 8.50. The summed E-state index contributed by atoms with van der Waals surface area (Å²) in [5, 5.41) is 6.72. The Labute approximate surface area is 192 Å². The Morgan fingerprint density at radius 3 is 2.70 bits per heavy atom. The number of hydrazone groups is 1. The highest BCUT2D eigenvalue weighted by molar-refractivity contribution is 7.89. The van der Waals surface area contributed by atoms with E-state index < -0.39 is 10.0 Å². The molecule has 2 aromatic rings. The Kier molecular flexibility index (Phi) is 5.31. The van der Waals surface area contributed by atoms with Crippen molar-refractivity contribution in [2.75, 3.05) is 39.8 Å². The molecule has 4 heterocycles. The quantitative estimate of drug-likeness (QED) is 0.666. The first-order valence-electron chi connectivity index (χ1n) is 10.9. The van der Waals surface area contributed by atoms with Crippen molar-refractivity contribution >= 4 is 32.9 Å². The summed E-state index contributed by atoms with van der Waals surface area (Å²) in [5.74, 6) is 3.12. The van der Waals surface area contributed by atoms with Gasteiger partial charge in [0.25, 0.3) is 10.0 Å². The number of nitrogens with one attached hydrogen (secondary N) is 1. The number of amides is 2. The fraction of sp³-hybridized carbons (Fsp3) is 0.455. The topological polar surface area (TPSA) is 102 Å². The molecule has 33 heavy (non-hydrogen) atoms. The summed E-state index contributed by atoms with van der Waals surface area (Å²) in [6, 6.07) is 6.79. The molecule has 3 aliphatic heterocycles. The molecule has 2 atom stereocenters. The number of carbonyl (C=O) groups excluding carboxylic acids is 1. The van der Waals surface area contributed by atoms with E-state index in [4.69, 9.17) is 11.2 Å². The summed E-state index contributed by atoms with van der Waals surface area (Å²) < 4.78 is 33.5. The Morgan fingerprint density at radius 1 is 1.21 bits per heavy atom. The van der Waals surface area contributed by atoms with E-state index in [9.17, 15) is 13.2 Å². The van der Waals surface area contributed by atoms with Crippen LogP contribution in [0.25, 0.3) is 10.9 Å². The molecule has 1 N–H and O–H groups in total. The van der Waals surface area contributed by atoms with Crippen molar-refractivity contribution in [3.63, 3.8) is 0 Å². The molecule has 11 heteroatoms. The number of aromatic amines is 1. The van der Waals surface area contributed by atoms with Gasteiger partial charge < -0.3 is 14.6 Å². The molecule has 3 aliphatic rings. The zero-order valence-electron chi connectivity index (χ0n) is 18.6. The number of benzene rings is 1. The number of sulfonamides is 1. The van der Waals surface area contributed by atoms with Gasteiger partial charge in [0.05, 0.1) is 6.04 Å². The van der Waals surface area contributed by atoms with Crippen LogP contribution in [0.5, 0.6) is 0 Å². The number of nitrogens with zero attached hydrogens (tertiary/aromatic N) is 5. The molecular formula is C22H26N6O4S. The third kappa shape index (κ3) is 3.74. The Bertz CT molecular complexity index is 1270. The number of aromatic nitrogens is 1. The molecule has 0 radical (unpaired) electrons. The maximum atomic E-state index is 13.2. The van der Waals surface area contributed by atoms with Gasteiger partial charge in [-0.25, -0.2) is 18.2 Å². The number of carbonyl (C=O) groups is 1. The van der Waals surface area contributed by atoms with E-state index in [-0.39, 0.29) is 36.4 Å². The molecule has 0 saturated carbocycles. The van der Waals surface area contributed by atoms with Crippen molar-refractivity contribution in [1.82, 2.24) is 24.1 Å². The molecule has 2 saturated heterocycles. The summed E-state index contributed by atoms with van der Waals surface area (Å²) in [6.45, 7) is 3.46. The number of hydrogen-bond donors (Lipinski definition) is 1. The Hall–Kier alpha value is -3.07. The third-order valence-corrected chi connectivity index (χ3v) is 8.41. The van der Waals surface area contributed by atoms with E-state index in [0.717, 1.165) is 11.8 Å². The van der Waals surface area contributed by atoms with Crippen molar-refractivity contribution in [2.24, 2.45) is 5.10 Å². The van der Waals surface area contributed by atoms with Crippen LogP contribution in [0.3, 0.4) is 0 Å². The molecule has 2 fully saturated rings. The van der Waals surface area contributed by atoms with Gasteiger partial charge in [0, 0.05) is 49.2 Å². The van der Waals surface area contributed by atoms with Crippen LogP contribution < -0.4 is 0 Å². The van der Waals surface area contributed by atoms with Crippen molar-refractivity contribution in [3.05, 3.63) is 29.8 Å². The molecule has 1 aromatic carbocycles. The van der Waals surface area contributed by atoms with E-state index in [1.54, 1.807) is 29.2 Å². The molecule has 5 rings (SSSR count). The van der Waals surface area contributed by atoms with Crippen LogP contribution in [0.2, 0.25) is 0 Å². The van der Waals surface area contributed by atoms with E-state index in [1.165, 1.54) is 9.31 Å². The predicted molar refractivity (Wildman–Crippen MR) is 123 cm³/mol. The molecular weight excluding hydrogens is 444 g/mol. The normalized spacial score (nSPS) is 24.3. The lowest BCUT2D eigenvalue weighted by Gasteiger charge is -2.36. The van der Waals surface area contributed by atoms with E-state index in [2.05, 4.69) is 20.9 Å². The molecule has 2 unspecified atom stereocenters. The van der Waals surface area contributed by atoms with Crippen LogP contribution in [0.4, 0.5) is 4.79 Å². The zero-order chi connectivity index (χ0) is 23.3. The first-order chi connectivity index (χ1) is 15.8. The fourth-order valence-electron chi connectivity index (χ4n) is 4.49. The van der Waals surface area contributed by atoms with Gasteiger partial charge >= 0.3 is 6.03 Å². The average molecular weight is 471 g/mol. The van der Waals surface area contributed by atoms with Gasteiger partial charge in [0.1, 0.15) is 5.03 Å². The standard InChI is InChI=1S/C22H26N6O4S/c1-4-16-5-6-18-17(13-16)14-20(23-18)33(30,31)27-11-9-26(10-12-27)22(29)28-8-7-19-21(24-28)32-15(2)25(19)3/h1,5-6,13-15,19,23H,7-12H2,2-3H3. The minimum atomic E-state index is -3.72. The second kappa shape index (κ2) is 8.06. The summed E-state index contributed by atoms with van der Waals surface area (Å²) >= 11 is 0. The summed E-state index contributed by atoms with van der Waals surface area (Å²) in [7, 11) is -1.74. The maximum Gasteiger partial charge on any atom is 0.340 e. The summed E-state index contributed by atoms with van der Waals surface area (Å²) in [5.41, 5.74) is 1.40. The van der Waals surface area contributed by atoms with Crippen LogP contribution in [0, 0.1) is 12.3 Å². The minimum Gasteiger partial charge on any atom is -0.460 e. The summed E-state index contributed by atoms with van der Waals surface area (Å²) in [6.07, 6.45) is 6.12. The van der Waals surface area contributed by atoms with Crippen molar-refractivity contribution < 1.29 is 17.9 Å². The van der Waals surface area contributed by atoms with Crippen LogP contribution in [0.15, 0.2) is 34.4 Å². The minimum absolute atomic E-state index is 0.0691. The van der Waals surface area contributed by atoms with Gasteiger partial charge in [-0.15, -0.1) is 11.5 Å². The van der Waals surface area contributed by atoms with Crippen LogP contribution >= 0.6 is 0 Å². The number of rotatable bonds is 2. The van der Waals surface area contributed by atoms with E-state index >= 15 is 0 Å². The fourth-order valence-corrected chi connectivity index (χ4v) is 5.93. The SMILES string of the molecule is C#Cc1ccc2[nH]c(S(=O)(=O)N3CCN(C(=O)N4CCC5C(=N4)OC(C)N5C)CC3)cc2c1. The number of ether oxygens (including phenoxy) is 1. The average Bonchev–Trinajstić information content (AvgIpc) is 3.39. The summed E-state index contributed by atoms with van der Waals surface area (Å²) in [4.78, 5) is 19.7. The number of likely N-dealkylation sites (N-methyl/N-ethyl adjacent to an activating group) is 1. The second-order valence-corrected chi connectivity index (χ2v) is 10.4. The van der Waals surface area contributed by atoms with Gasteiger partial charge in [0.2, 0.25) is 5.90 Å². The monoisotopic (exact) mass is 470 g/mol. The van der Waals surface area contributed by atoms with Gasteiger partial charge in [-0.1, -0.05) is 5.92 Å². The molecule has 0 spiro atoms. The smallest absolute Gasteiger partial charge is 0.340 e. The molecule has 2 amide bonds. The highest BCUT2D eigenvalue weighted by atomic mass is 32.2. The lowest BCUT2D eigenvalue weighted by molar-refractivity contribution is 0.100. The number of fused-ring (bicyclic) bond motifs is 2. The lowest BCUT2D eigenvalue weighted by atomic mass is 10.1. The van der Waals surface area contributed by atoms with E-state index in [1.807, 2.05) is 14.0 Å². The number of hydrogen-bond acceptors (Lipinski definition) is 6. The Morgan fingerprint density at radius 2 is 1.97 bits per heavy atom. The van der Waals surface area contributed by atoms with Crippen LogP contribution in [0.1, 0.15) is 18.9 Å². The van der Waals surface area contributed by atoms with Crippen LogP contribution in [-0.4, -0.2) is 96.5 Å². The predicted octanol–water partition coefficient (Wildman–Crippen LogP) is 1.27. The van der Waals surface area contributed by atoms with Gasteiger partial charge in [-0.2, -0.15) is 4.31 Å². The molecule has 10 nitrogen and oxygen atoms in total. The molecule has 0 aliphatic carbocycles. The highest BCUT2D eigenvalue weighted by Gasteiger charge is 2.40. The lowest BCUT2D eigenvalue weighted by Crippen LogP contribution is -2.54. The first-order valence-corrected chi connectivity index (χ1v) is 12.3. The van der Waals surface area contributed by atoms with Gasteiger partial charge in [-0.05, 0) is 44.7 Å². The van der Waals surface area contributed by atoms with Crippen molar-refractivity contribution in [2.45, 2.75) is 30.6 Å². The largest absolute Gasteiger partial charge is 0.460 e. The van der Waals surface area contributed by atoms with Crippen molar-refractivity contribution in [1.29, 1.82) is 0 Å². The Balaban J connectivity index is 1.26. The van der Waals surface area contributed by atoms with Gasteiger partial charge in [-0.3, -0.25) is 4.90 Å². The van der Waals surface area contributed by atoms with Crippen LogP contribution in [-0.2, 0) is 14.8 Å². The number of piperazine rings is 1. The van der Waals surface area contributed by atoms with E-state index in [0.29, 0.717) is 36.6 Å². The maximum absolute atomic E-state index is 13.2.